The minimum atomic E-state index is 0.225. The Morgan fingerprint density at radius 3 is 2.67 bits per heavy atom. The van der Waals surface area contributed by atoms with E-state index < -0.39 is 0 Å². The zero-order valence-corrected chi connectivity index (χ0v) is 13.5. The van der Waals surface area contributed by atoms with Crippen molar-refractivity contribution in [3.05, 3.63) is 35.4 Å². The molecule has 1 saturated heterocycles. The zero-order chi connectivity index (χ0) is 15.2. The molecule has 0 saturated carbocycles. The molecule has 1 aliphatic heterocycles. The van der Waals surface area contributed by atoms with Crippen molar-refractivity contribution in [3.8, 4) is 0 Å². The Morgan fingerprint density at radius 1 is 1.33 bits per heavy atom. The third kappa shape index (κ3) is 4.65. The smallest absolute Gasteiger partial charge is 0.176 e. The molecule has 0 radical (unpaired) electrons. The molecule has 0 amide bonds. The van der Waals surface area contributed by atoms with Gasteiger partial charge in [0, 0.05) is 19.2 Å². The minimum absolute atomic E-state index is 0.225. The molecule has 1 atom stereocenters. The molecule has 3 nitrogen and oxygen atoms in total. The molecule has 21 heavy (non-hydrogen) atoms. The molecule has 2 rings (SSSR count). The van der Waals surface area contributed by atoms with Gasteiger partial charge in [0.05, 0.1) is 13.2 Å². The fourth-order valence-electron chi connectivity index (χ4n) is 3.01. The molecular weight excluding hydrogens is 262 g/mol. The maximum Gasteiger partial charge on any atom is 0.176 e. The Labute approximate surface area is 128 Å². The maximum atomic E-state index is 12.4. The van der Waals surface area contributed by atoms with Crippen LogP contribution in [0.25, 0.3) is 0 Å². The summed E-state index contributed by atoms with van der Waals surface area (Å²) in [6, 6.07) is 8.08. The van der Waals surface area contributed by atoms with Gasteiger partial charge in [0.2, 0.25) is 0 Å². The number of piperidine rings is 1. The first kappa shape index (κ1) is 16.2. The second kappa shape index (κ2) is 7.71. The SMILES string of the molecule is COCC1CCCN(CC(=O)c2ccc(C(C)C)cc2)C1. The summed E-state index contributed by atoms with van der Waals surface area (Å²) in [6.45, 7) is 7.66. The van der Waals surface area contributed by atoms with Crippen LogP contribution in [0.3, 0.4) is 0 Å². The number of likely N-dealkylation sites (tertiary alicyclic amines) is 1. The second-order valence-corrected chi connectivity index (χ2v) is 6.40. The van der Waals surface area contributed by atoms with Crippen molar-refractivity contribution in [2.75, 3.05) is 33.4 Å². The lowest BCUT2D eigenvalue weighted by Gasteiger charge is -2.31. The normalized spacial score (nSPS) is 19.9. The molecule has 1 heterocycles. The fraction of sp³-hybridized carbons (Fsp3) is 0.611. The maximum absolute atomic E-state index is 12.4. The Hall–Kier alpha value is -1.19. The molecule has 0 spiro atoms. The molecule has 1 fully saturated rings. The third-order valence-corrected chi connectivity index (χ3v) is 4.27. The Morgan fingerprint density at radius 2 is 2.05 bits per heavy atom. The topological polar surface area (TPSA) is 29.5 Å². The fourth-order valence-corrected chi connectivity index (χ4v) is 3.01. The van der Waals surface area contributed by atoms with E-state index in [1.807, 2.05) is 12.1 Å². The van der Waals surface area contributed by atoms with Crippen molar-refractivity contribution in [1.82, 2.24) is 4.90 Å². The molecule has 1 aliphatic rings. The van der Waals surface area contributed by atoms with Crippen molar-refractivity contribution >= 4 is 5.78 Å². The number of carbonyl (C=O) groups excluding carboxylic acids is 1. The minimum Gasteiger partial charge on any atom is -0.384 e. The second-order valence-electron chi connectivity index (χ2n) is 6.40. The number of nitrogens with zero attached hydrogens (tertiary/aromatic N) is 1. The highest BCUT2D eigenvalue weighted by molar-refractivity contribution is 5.97. The van der Waals surface area contributed by atoms with Crippen molar-refractivity contribution in [2.45, 2.75) is 32.6 Å². The summed E-state index contributed by atoms with van der Waals surface area (Å²) in [5.41, 5.74) is 2.11. The first-order chi connectivity index (χ1) is 10.1. The summed E-state index contributed by atoms with van der Waals surface area (Å²) < 4.78 is 5.24. The van der Waals surface area contributed by atoms with Gasteiger partial charge < -0.3 is 4.74 Å². The summed E-state index contributed by atoms with van der Waals surface area (Å²) in [4.78, 5) is 14.7. The average Bonchev–Trinajstić information content (AvgIpc) is 2.48. The predicted molar refractivity (Wildman–Crippen MR) is 85.9 cm³/mol. The van der Waals surface area contributed by atoms with Gasteiger partial charge in [-0.3, -0.25) is 9.69 Å². The number of methoxy groups -OCH3 is 1. The molecular formula is C18H27NO2. The van der Waals surface area contributed by atoms with Crippen molar-refractivity contribution in [1.29, 1.82) is 0 Å². The van der Waals surface area contributed by atoms with Gasteiger partial charge in [-0.2, -0.15) is 0 Å². The van der Waals surface area contributed by atoms with Gasteiger partial charge in [-0.05, 0) is 36.8 Å². The van der Waals surface area contributed by atoms with Crippen LogP contribution in [0, 0.1) is 5.92 Å². The van der Waals surface area contributed by atoms with E-state index in [1.165, 1.54) is 12.0 Å². The van der Waals surface area contributed by atoms with E-state index >= 15 is 0 Å². The van der Waals surface area contributed by atoms with Gasteiger partial charge in [-0.25, -0.2) is 0 Å². The van der Waals surface area contributed by atoms with Crippen molar-refractivity contribution < 1.29 is 9.53 Å². The molecule has 3 heteroatoms. The summed E-state index contributed by atoms with van der Waals surface area (Å²) in [7, 11) is 1.75. The lowest BCUT2D eigenvalue weighted by molar-refractivity contribution is 0.0758. The van der Waals surface area contributed by atoms with Crippen LogP contribution in [0.4, 0.5) is 0 Å². The van der Waals surface area contributed by atoms with Crippen LogP contribution in [0.5, 0.6) is 0 Å². The number of rotatable bonds is 6. The monoisotopic (exact) mass is 289 g/mol. The van der Waals surface area contributed by atoms with Crippen LogP contribution in [-0.2, 0) is 4.74 Å². The van der Waals surface area contributed by atoms with E-state index in [0.717, 1.165) is 31.7 Å². The average molecular weight is 289 g/mol. The van der Waals surface area contributed by atoms with Crippen LogP contribution in [-0.4, -0.2) is 44.0 Å². The quantitative estimate of drug-likeness (QED) is 0.752. The van der Waals surface area contributed by atoms with Gasteiger partial charge in [0.1, 0.15) is 0 Å². The van der Waals surface area contributed by atoms with E-state index in [0.29, 0.717) is 18.4 Å². The molecule has 1 aromatic carbocycles. The van der Waals surface area contributed by atoms with E-state index in [4.69, 9.17) is 4.74 Å². The molecule has 0 bridgehead atoms. The van der Waals surface area contributed by atoms with E-state index in [2.05, 4.69) is 30.9 Å². The highest BCUT2D eigenvalue weighted by Gasteiger charge is 2.21. The number of hydrogen-bond acceptors (Lipinski definition) is 3. The molecule has 0 aromatic heterocycles. The first-order valence-corrected chi connectivity index (χ1v) is 7.94. The van der Waals surface area contributed by atoms with Crippen LogP contribution in [0.15, 0.2) is 24.3 Å². The van der Waals surface area contributed by atoms with E-state index in [9.17, 15) is 4.79 Å². The largest absolute Gasteiger partial charge is 0.384 e. The number of carbonyl (C=O) groups is 1. The van der Waals surface area contributed by atoms with E-state index in [1.54, 1.807) is 7.11 Å². The van der Waals surface area contributed by atoms with Gasteiger partial charge in [-0.15, -0.1) is 0 Å². The number of benzene rings is 1. The third-order valence-electron chi connectivity index (χ3n) is 4.27. The van der Waals surface area contributed by atoms with Crippen LogP contribution in [0.1, 0.15) is 48.5 Å². The molecule has 0 aliphatic carbocycles. The van der Waals surface area contributed by atoms with Crippen molar-refractivity contribution in [3.63, 3.8) is 0 Å². The predicted octanol–water partition coefficient (Wildman–Crippen LogP) is 3.35. The number of ketones is 1. The lowest BCUT2D eigenvalue weighted by Crippen LogP contribution is -2.40. The summed E-state index contributed by atoms with van der Waals surface area (Å²) in [6.07, 6.45) is 2.37. The molecule has 1 aromatic rings. The van der Waals surface area contributed by atoms with E-state index in [-0.39, 0.29) is 5.78 Å². The highest BCUT2D eigenvalue weighted by atomic mass is 16.5. The Bertz CT molecular complexity index is 451. The molecule has 0 N–H and O–H groups in total. The standard InChI is InChI=1S/C18H27NO2/c1-14(2)16-6-8-17(9-7-16)18(20)12-19-10-4-5-15(11-19)13-21-3/h6-9,14-15H,4-5,10-13H2,1-3H3. The number of hydrogen-bond donors (Lipinski definition) is 0. The summed E-state index contributed by atoms with van der Waals surface area (Å²) in [5, 5.41) is 0. The molecule has 116 valence electrons. The van der Waals surface area contributed by atoms with Gasteiger partial charge in [-0.1, -0.05) is 38.1 Å². The highest BCUT2D eigenvalue weighted by Crippen LogP contribution is 2.18. The molecule has 1 unspecified atom stereocenters. The number of ether oxygens (including phenoxy) is 1. The van der Waals surface area contributed by atoms with Gasteiger partial charge in [0.15, 0.2) is 5.78 Å². The van der Waals surface area contributed by atoms with Gasteiger partial charge >= 0.3 is 0 Å². The lowest BCUT2D eigenvalue weighted by atomic mass is 9.97. The summed E-state index contributed by atoms with van der Waals surface area (Å²) in [5.74, 6) is 1.30. The van der Waals surface area contributed by atoms with Crippen LogP contribution >= 0.6 is 0 Å². The number of Topliss-reactive ketones (excluding diaryl/α,β-unsaturated/α-hetero) is 1. The van der Waals surface area contributed by atoms with Gasteiger partial charge in [0.25, 0.3) is 0 Å². The van der Waals surface area contributed by atoms with Crippen LogP contribution < -0.4 is 0 Å². The Kier molecular flexibility index (Phi) is 5.95. The van der Waals surface area contributed by atoms with Crippen LogP contribution in [0.2, 0.25) is 0 Å². The zero-order valence-electron chi connectivity index (χ0n) is 13.5. The van der Waals surface area contributed by atoms with Crippen molar-refractivity contribution in [2.24, 2.45) is 5.92 Å². The first-order valence-electron chi connectivity index (χ1n) is 7.94. The summed E-state index contributed by atoms with van der Waals surface area (Å²) >= 11 is 0. The Balaban J connectivity index is 1.91.